The van der Waals surface area contributed by atoms with Gasteiger partial charge in [0.1, 0.15) is 12.1 Å². The van der Waals surface area contributed by atoms with Crippen molar-refractivity contribution in [3.63, 3.8) is 0 Å². The first-order valence-corrected chi connectivity index (χ1v) is 10.7. The highest BCUT2D eigenvalue weighted by atomic mass is 79.9. The Morgan fingerprint density at radius 3 is 2.61 bits per heavy atom. The maximum absolute atomic E-state index is 13.1. The zero-order chi connectivity index (χ0) is 19.7. The molecule has 2 heterocycles. The quantitative estimate of drug-likeness (QED) is 0.785. The molecule has 4 rings (SSSR count). The van der Waals surface area contributed by atoms with Gasteiger partial charge in [-0.3, -0.25) is 4.79 Å². The van der Waals surface area contributed by atoms with Crippen LogP contribution >= 0.6 is 15.9 Å². The molecular weight excluding hydrogens is 418 g/mol. The van der Waals surface area contributed by atoms with E-state index in [2.05, 4.69) is 37.7 Å². The van der Waals surface area contributed by atoms with E-state index in [1.807, 2.05) is 29.2 Å². The number of amides is 1. The van der Waals surface area contributed by atoms with Gasteiger partial charge in [0.15, 0.2) is 0 Å². The largest absolute Gasteiger partial charge is 0.353 e. The summed E-state index contributed by atoms with van der Waals surface area (Å²) in [6, 6.07) is 7.86. The standard InChI is InChI=1S/C21H26BrN5O/c1-14-2-7-18-19(14)20(25-13-24-18)26-8-10-27(11-9-26)21(28)17(12-23)15-3-5-16(22)6-4-15/h3-6,13-14,17H,2,7-12,23H2,1H3/t14?,17-/m1/s1. The molecule has 1 aliphatic heterocycles. The van der Waals surface area contributed by atoms with Crippen LogP contribution in [0.15, 0.2) is 35.1 Å². The number of carbonyl (C=O) groups excluding carboxylic acids is 1. The van der Waals surface area contributed by atoms with Gasteiger partial charge in [-0.25, -0.2) is 9.97 Å². The van der Waals surface area contributed by atoms with E-state index in [0.29, 0.717) is 25.6 Å². The SMILES string of the molecule is CC1CCc2ncnc(N3CCN(C(=O)[C@H](CN)c4ccc(Br)cc4)CC3)c21. The number of fused-ring (bicyclic) bond motifs is 1. The predicted molar refractivity (Wildman–Crippen MR) is 113 cm³/mol. The Kier molecular flexibility index (Phi) is 5.64. The number of carbonyl (C=O) groups is 1. The molecule has 0 saturated carbocycles. The number of nitrogens with two attached hydrogens (primary N) is 1. The lowest BCUT2D eigenvalue weighted by atomic mass is 9.97. The summed E-state index contributed by atoms with van der Waals surface area (Å²) in [5, 5.41) is 0. The topological polar surface area (TPSA) is 75.4 Å². The van der Waals surface area contributed by atoms with E-state index in [1.54, 1.807) is 6.33 Å². The van der Waals surface area contributed by atoms with Crippen molar-refractivity contribution in [2.24, 2.45) is 5.73 Å². The molecule has 1 aliphatic carbocycles. The number of benzene rings is 1. The highest BCUT2D eigenvalue weighted by Crippen LogP contribution is 2.37. The molecule has 7 heteroatoms. The summed E-state index contributed by atoms with van der Waals surface area (Å²) in [7, 11) is 0. The van der Waals surface area contributed by atoms with Crippen LogP contribution in [0.4, 0.5) is 5.82 Å². The second-order valence-corrected chi connectivity index (χ2v) is 8.57. The second kappa shape index (κ2) is 8.17. The van der Waals surface area contributed by atoms with Gasteiger partial charge in [0.2, 0.25) is 5.91 Å². The average Bonchev–Trinajstić information content (AvgIpc) is 3.11. The highest BCUT2D eigenvalue weighted by molar-refractivity contribution is 9.10. The third-order valence-corrected chi connectivity index (χ3v) is 6.48. The summed E-state index contributed by atoms with van der Waals surface area (Å²) in [6.45, 7) is 5.54. The van der Waals surface area contributed by atoms with Gasteiger partial charge < -0.3 is 15.5 Å². The summed E-state index contributed by atoms with van der Waals surface area (Å²) in [6.07, 6.45) is 3.86. The van der Waals surface area contributed by atoms with Crippen LogP contribution < -0.4 is 10.6 Å². The Morgan fingerprint density at radius 2 is 1.93 bits per heavy atom. The van der Waals surface area contributed by atoms with Crippen molar-refractivity contribution in [3.05, 3.63) is 51.9 Å². The summed E-state index contributed by atoms with van der Waals surface area (Å²) >= 11 is 3.44. The summed E-state index contributed by atoms with van der Waals surface area (Å²) in [5.74, 6) is 1.39. The van der Waals surface area contributed by atoms with E-state index in [1.165, 1.54) is 11.3 Å². The third-order valence-electron chi connectivity index (χ3n) is 5.95. The zero-order valence-electron chi connectivity index (χ0n) is 16.1. The van der Waals surface area contributed by atoms with Crippen LogP contribution in [-0.2, 0) is 11.2 Å². The number of aromatic nitrogens is 2. The molecule has 1 aromatic heterocycles. The highest BCUT2D eigenvalue weighted by Gasteiger charge is 2.31. The fourth-order valence-electron chi connectivity index (χ4n) is 4.31. The molecule has 2 atom stereocenters. The van der Waals surface area contributed by atoms with Crippen LogP contribution in [-0.4, -0.2) is 53.5 Å². The number of halogens is 1. The molecule has 2 aromatic rings. The Morgan fingerprint density at radius 1 is 1.21 bits per heavy atom. The molecular formula is C21H26BrN5O. The van der Waals surface area contributed by atoms with Gasteiger partial charge in [0.25, 0.3) is 0 Å². The first-order valence-electron chi connectivity index (χ1n) is 9.91. The Labute approximate surface area is 174 Å². The van der Waals surface area contributed by atoms with Gasteiger partial charge in [-0.2, -0.15) is 0 Å². The summed E-state index contributed by atoms with van der Waals surface area (Å²) in [5.41, 5.74) is 9.42. The minimum Gasteiger partial charge on any atom is -0.353 e. The number of hydrogen-bond donors (Lipinski definition) is 1. The Balaban J connectivity index is 1.45. The Bertz CT molecular complexity index is 848. The minimum absolute atomic E-state index is 0.116. The van der Waals surface area contributed by atoms with Gasteiger partial charge in [-0.15, -0.1) is 0 Å². The van der Waals surface area contributed by atoms with E-state index in [9.17, 15) is 4.79 Å². The fourth-order valence-corrected chi connectivity index (χ4v) is 4.57. The van der Waals surface area contributed by atoms with Crippen LogP contribution in [0.2, 0.25) is 0 Å². The molecule has 1 aromatic carbocycles. The number of rotatable bonds is 4. The maximum Gasteiger partial charge on any atom is 0.231 e. The normalized spacial score (nSPS) is 20.2. The molecule has 1 amide bonds. The van der Waals surface area contributed by atoms with Crippen molar-refractivity contribution >= 4 is 27.7 Å². The molecule has 28 heavy (non-hydrogen) atoms. The lowest BCUT2D eigenvalue weighted by molar-refractivity contribution is -0.132. The second-order valence-electron chi connectivity index (χ2n) is 7.65. The number of piperazine rings is 1. The van der Waals surface area contributed by atoms with Gasteiger partial charge in [-0.05, 0) is 36.5 Å². The van der Waals surface area contributed by atoms with Gasteiger partial charge in [0.05, 0.1) is 5.92 Å². The van der Waals surface area contributed by atoms with Gasteiger partial charge in [-0.1, -0.05) is 35.0 Å². The van der Waals surface area contributed by atoms with Crippen molar-refractivity contribution < 1.29 is 4.79 Å². The monoisotopic (exact) mass is 443 g/mol. The number of hydrogen-bond acceptors (Lipinski definition) is 5. The molecule has 1 saturated heterocycles. The molecule has 1 unspecified atom stereocenters. The lowest BCUT2D eigenvalue weighted by Crippen LogP contribution is -2.51. The molecule has 6 nitrogen and oxygen atoms in total. The van der Waals surface area contributed by atoms with Crippen LogP contribution in [0, 0.1) is 0 Å². The van der Waals surface area contributed by atoms with Crippen LogP contribution in [0.5, 0.6) is 0 Å². The van der Waals surface area contributed by atoms with Gasteiger partial charge >= 0.3 is 0 Å². The van der Waals surface area contributed by atoms with E-state index < -0.39 is 0 Å². The molecule has 2 aliphatic rings. The number of nitrogens with zero attached hydrogens (tertiary/aromatic N) is 4. The van der Waals surface area contributed by atoms with Crippen LogP contribution in [0.1, 0.15) is 42.0 Å². The van der Waals surface area contributed by atoms with E-state index >= 15 is 0 Å². The van der Waals surface area contributed by atoms with E-state index in [4.69, 9.17) is 5.73 Å². The number of anilines is 1. The van der Waals surface area contributed by atoms with Crippen LogP contribution in [0.3, 0.4) is 0 Å². The average molecular weight is 444 g/mol. The predicted octanol–water partition coefficient (Wildman–Crippen LogP) is 2.68. The lowest BCUT2D eigenvalue weighted by Gasteiger charge is -2.37. The maximum atomic E-state index is 13.1. The third kappa shape index (κ3) is 3.65. The molecule has 0 bridgehead atoms. The zero-order valence-corrected chi connectivity index (χ0v) is 17.7. The van der Waals surface area contributed by atoms with Gasteiger partial charge in [0, 0.05) is 48.5 Å². The van der Waals surface area contributed by atoms with E-state index in [-0.39, 0.29) is 11.8 Å². The van der Waals surface area contributed by atoms with Crippen LogP contribution in [0.25, 0.3) is 0 Å². The summed E-state index contributed by atoms with van der Waals surface area (Å²) < 4.78 is 1.000. The minimum atomic E-state index is -0.289. The molecule has 0 spiro atoms. The molecule has 1 fully saturated rings. The Hall–Kier alpha value is -1.99. The first kappa shape index (κ1) is 19.3. The van der Waals surface area contributed by atoms with Crippen molar-refractivity contribution in [2.45, 2.75) is 31.6 Å². The fraction of sp³-hybridized carbons (Fsp3) is 0.476. The first-order chi connectivity index (χ1) is 13.6. The molecule has 0 radical (unpaired) electrons. The molecule has 148 valence electrons. The van der Waals surface area contributed by atoms with E-state index in [0.717, 1.165) is 41.8 Å². The molecule has 2 N–H and O–H groups in total. The van der Waals surface area contributed by atoms with Crippen molar-refractivity contribution in [1.82, 2.24) is 14.9 Å². The summed E-state index contributed by atoms with van der Waals surface area (Å²) in [4.78, 5) is 26.4. The van der Waals surface area contributed by atoms with Crippen molar-refractivity contribution in [1.29, 1.82) is 0 Å². The van der Waals surface area contributed by atoms with Crippen molar-refractivity contribution in [2.75, 3.05) is 37.6 Å². The smallest absolute Gasteiger partial charge is 0.231 e. The number of aryl methyl sites for hydroxylation is 1. The van der Waals surface area contributed by atoms with Crippen molar-refractivity contribution in [3.8, 4) is 0 Å².